The molecule has 0 spiro atoms. The molecule has 1 rings (SSSR count). The van der Waals surface area contributed by atoms with Gasteiger partial charge in [-0.1, -0.05) is 11.6 Å². The van der Waals surface area contributed by atoms with E-state index in [1.165, 1.54) is 12.1 Å². The highest BCUT2D eigenvalue weighted by molar-refractivity contribution is 6.30. The van der Waals surface area contributed by atoms with Gasteiger partial charge in [0.1, 0.15) is 5.82 Å². The lowest BCUT2D eigenvalue weighted by Gasteiger charge is -2.08. The topological polar surface area (TPSA) is 78.4 Å². The van der Waals surface area contributed by atoms with Crippen molar-refractivity contribution in [2.24, 2.45) is 0 Å². The van der Waals surface area contributed by atoms with Crippen molar-refractivity contribution in [3.63, 3.8) is 0 Å². The van der Waals surface area contributed by atoms with Gasteiger partial charge in [0.2, 0.25) is 0 Å². The number of unbranched alkanes of at least 4 members (excludes halogenated alkanes) is 1. The Morgan fingerprint density at radius 3 is 2.74 bits per heavy atom. The van der Waals surface area contributed by atoms with E-state index in [9.17, 15) is 14.0 Å². The number of nitrogens with one attached hydrogen (secondary N) is 2. The molecule has 2 amide bonds. The maximum absolute atomic E-state index is 13.3. The molecule has 0 fully saturated rings. The van der Waals surface area contributed by atoms with Crippen molar-refractivity contribution >= 4 is 29.3 Å². The molecule has 0 aromatic heterocycles. The molecule has 3 N–H and O–H groups in total. The first kappa shape index (κ1) is 15.2. The fourth-order valence-corrected chi connectivity index (χ4v) is 1.54. The van der Waals surface area contributed by atoms with Gasteiger partial charge in [-0.3, -0.25) is 4.79 Å². The van der Waals surface area contributed by atoms with Gasteiger partial charge in [-0.15, -0.1) is 0 Å². The maximum Gasteiger partial charge on any atom is 0.319 e. The number of rotatable bonds is 6. The second kappa shape index (κ2) is 7.58. The van der Waals surface area contributed by atoms with Crippen LogP contribution in [0.3, 0.4) is 0 Å². The summed E-state index contributed by atoms with van der Waals surface area (Å²) in [5, 5.41) is 13.6. The minimum absolute atomic E-state index is 0.00413. The third-order valence-corrected chi connectivity index (χ3v) is 2.51. The quantitative estimate of drug-likeness (QED) is 0.704. The fourth-order valence-electron chi connectivity index (χ4n) is 1.36. The Kier molecular flexibility index (Phi) is 6.08. The Balaban J connectivity index is 2.31. The van der Waals surface area contributed by atoms with Crippen molar-refractivity contribution in [1.29, 1.82) is 0 Å². The molecule has 5 nitrogen and oxygen atoms in total. The lowest BCUT2D eigenvalue weighted by atomic mass is 10.2. The number of hydrogen-bond donors (Lipinski definition) is 3. The van der Waals surface area contributed by atoms with E-state index in [4.69, 9.17) is 16.7 Å². The lowest BCUT2D eigenvalue weighted by molar-refractivity contribution is -0.137. The molecule has 1 aromatic carbocycles. The summed E-state index contributed by atoms with van der Waals surface area (Å²) in [5.74, 6) is -1.45. The third-order valence-electron chi connectivity index (χ3n) is 2.28. The van der Waals surface area contributed by atoms with E-state index in [-0.39, 0.29) is 12.1 Å². The average Bonchev–Trinajstić information content (AvgIpc) is 2.33. The molecule has 0 aliphatic carbocycles. The highest BCUT2D eigenvalue weighted by Gasteiger charge is 2.07. The normalized spacial score (nSPS) is 10.0. The predicted octanol–water partition coefficient (Wildman–Crippen LogP) is 2.86. The van der Waals surface area contributed by atoms with Gasteiger partial charge >= 0.3 is 12.0 Å². The van der Waals surface area contributed by atoms with E-state index in [0.29, 0.717) is 24.4 Å². The number of hydrogen-bond acceptors (Lipinski definition) is 2. The molecule has 0 aliphatic rings. The van der Waals surface area contributed by atoms with E-state index in [1.54, 1.807) is 0 Å². The number of carboxylic acid groups (broad SMARTS) is 1. The molecule has 0 unspecified atom stereocenters. The Labute approximate surface area is 114 Å². The SMILES string of the molecule is O=C(O)CCCCNC(=O)Nc1cc(Cl)ccc1F. The number of anilines is 1. The summed E-state index contributed by atoms with van der Waals surface area (Å²) in [4.78, 5) is 21.7. The van der Waals surface area contributed by atoms with Crippen LogP contribution < -0.4 is 10.6 Å². The second-order valence-corrected chi connectivity index (χ2v) is 4.29. The van der Waals surface area contributed by atoms with E-state index in [2.05, 4.69) is 10.6 Å². The first-order chi connectivity index (χ1) is 8.99. The average molecular weight is 289 g/mol. The van der Waals surface area contributed by atoms with Gasteiger partial charge in [-0.25, -0.2) is 9.18 Å². The van der Waals surface area contributed by atoms with Crippen molar-refractivity contribution < 1.29 is 19.1 Å². The zero-order valence-corrected chi connectivity index (χ0v) is 10.8. The Hall–Kier alpha value is -1.82. The van der Waals surface area contributed by atoms with Crippen LogP contribution in [0.15, 0.2) is 18.2 Å². The summed E-state index contributed by atoms with van der Waals surface area (Å²) in [6.45, 7) is 0.321. The molecule has 0 saturated carbocycles. The van der Waals surface area contributed by atoms with Gasteiger partial charge in [0, 0.05) is 18.0 Å². The molecule has 7 heteroatoms. The van der Waals surface area contributed by atoms with Crippen LogP contribution in [0.5, 0.6) is 0 Å². The first-order valence-electron chi connectivity index (χ1n) is 5.70. The Morgan fingerprint density at radius 2 is 2.05 bits per heavy atom. The van der Waals surface area contributed by atoms with Crippen LogP contribution >= 0.6 is 11.6 Å². The standard InChI is InChI=1S/C12H14ClFN2O3/c13-8-4-5-9(14)10(7-8)16-12(19)15-6-2-1-3-11(17)18/h4-5,7H,1-3,6H2,(H,17,18)(H2,15,16,19). The predicted molar refractivity (Wildman–Crippen MR) is 69.9 cm³/mol. The highest BCUT2D eigenvalue weighted by atomic mass is 35.5. The van der Waals surface area contributed by atoms with Crippen LogP contribution in [0.1, 0.15) is 19.3 Å². The minimum atomic E-state index is -0.870. The third kappa shape index (κ3) is 6.05. The van der Waals surface area contributed by atoms with Crippen molar-refractivity contribution in [3.05, 3.63) is 29.0 Å². The molecular formula is C12H14ClFN2O3. The van der Waals surface area contributed by atoms with Crippen LogP contribution in [-0.2, 0) is 4.79 Å². The number of aliphatic carboxylic acids is 1. The molecule has 0 atom stereocenters. The zero-order valence-electron chi connectivity index (χ0n) is 10.1. The Morgan fingerprint density at radius 1 is 1.32 bits per heavy atom. The van der Waals surface area contributed by atoms with Crippen molar-refractivity contribution in [2.45, 2.75) is 19.3 Å². The van der Waals surface area contributed by atoms with Crippen molar-refractivity contribution in [3.8, 4) is 0 Å². The molecule has 104 valence electrons. The summed E-state index contributed by atoms with van der Waals surface area (Å²) >= 11 is 5.68. The van der Waals surface area contributed by atoms with E-state index < -0.39 is 17.8 Å². The summed E-state index contributed by atoms with van der Waals surface area (Å²) in [5.41, 5.74) is -0.00413. The van der Waals surface area contributed by atoms with Gasteiger partial charge in [0.05, 0.1) is 5.69 Å². The minimum Gasteiger partial charge on any atom is -0.481 e. The van der Waals surface area contributed by atoms with Crippen LogP contribution in [0.2, 0.25) is 5.02 Å². The van der Waals surface area contributed by atoms with Crippen LogP contribution in [-0.4, -0.2) is 23.7 Å². The lowest BCUT2D eigenvalue weighted by Crippen LogP contribution is -2.29. The first-order valence-corrected chi connectivity index (χ1v) is 6.08. The number of benzene rings is 1. The van der Waals surface area contributed by atoms with Crippen LogP contribution in [0, 0.1) is 5.82 Å². The van der Waals surface area contributed by atoms with Crippen molar-refractivity contribution in [1.82, 2.24) is 5.32 Å². The smallest absolute Gasteiger partial charge is 0.319 e. The summed E-state index contributed by atoms with van der Waals surface area (Å²) in [7, 11) is 0. The van der Waals surface area contributed by atoms with Crippen LogP contribution in [0.25, 0.3) is 0 Å². The van der Waals surface area contributed by atoms with E-state index in [1.807, 2.05) is 0 Å². The number of urea groups is 1. The molecule has 1 aromatic rings. The van der Waals surface area contributed by atoms with E-state index >= 15 is 0 Å². The largest absolute Gasteiger partial charge is 0.481 e. The van der Waals surface area contributed by atoms with Gasteiger partial charge < -0.3 is 15.7 Å². The van der Waals surface area contributed by atoms with Gasteiger partial charge in [0.15, 0.2) is 0 Å². The van der Waals surface area contributed by atoms with Gasteiger partial charge in [-0.2, -0.15) is 0 Å². The fraction of sp³-hybridized carbons (Fsp3) is 0.333. The second-order valence-electron chi connectivity index (χ2n) is 3.86. The number of amides is 2. The molecule has 0 heterocycles. The maximum atomic E-state index is 13.3. The molecule has 19 heavy (non-hydrogen) atoms. The van der Waals surface area contributed by atoms with Crippen LogP contribution in [0.4, 0.5) is 14.9 Å². The molecular weight excluding hydrogens is 275 g/mol. The number of carbonyl (C=O) groups is 2. The molecule has 0 radical (unpaired) electrons. The monoisotopic (exact) mass is 288 g/mol. The molecule has 0 saturated heterocycles. The summed E-state index contributed by atoms with van der Waals surface area (Å²) < 4.78 is 13.3. The van der Waals surface area contributed by atoms with E-state index in [0.717, 1.165) is 6.07 Å². The summed E-state index contributed by atoms with van der Waals surface area (Å²) in [6.07, 6.45) is 1.07. The zero-order chi connectivity index (χ0) is 14.3. The van der Waals surface area contributed by atoms with Gasteiger partial charge in [-0.05, 0) is 31.0 Å². The number of carboxylic acids is 1. The molecule has 0 aliphatic heterocycles. The number of halogens is 2. The highest BCUT2D eigenvalue weighted by Crippen LogP contribution is 2.19. The summed E-state index contributed by atoms with van der Waals surface area (Å²) in [6, 6.07) is 3.29. The Bertz CT molecular complexity index is 468. The number of carbonyl (C=O) groups excluding carboxylic acids is 1. The van der Waals surface area contributed by atoms with Gasteiger partial charge in [0.25, 0.3) is 0 Å². The van der Waals surface area contributed by atoms with Crippen molar-refractivity contribution in [2.75, 3.05) is 11.9 Å². The molecule has 0 bridgehead atoms.